The molecule has 12 nitrogen and oxygen atoms in total. The third-order valence-electron chi connectivity index (χ3n) is 8.67. The van der Waals surface area contributed by atoms with Crippen molar-refractivity contribution >= 4 is 51.3 Å². The Morgan fingerprint density at radius 2 is 1.80 bits per heavy atom. The van der Waals surface area contributed by atoms with Crippen molar-refractivity contribution in [3.63, 3.8) is 0 Å². The lowest BCUT2D eigenvalue weighted by molar-refractivity contribution is -0.118. The van der Waals surface area contributed by atoms with Gasteiger partial charge < -0.3 is 24.8 Å². The van der Waals surface area contributed by atoms with Crippen LogP contribution in [-0.2, 0) is 0 Å². The first-order valence-electron chi connectivity index (χ1n) is 15.1. The summed E-state index contributed by atoms with van der Waals surface area (Å²) in [7, 11) is 5.24. The van der Waals surface area contributed by atoms with Crippen LogP contribution in [0, 0.1) is 6.92 Å². The fourth-order valence-electron chi connectivity index (χ4n) is 6.17. The van der Waals surface area contributed by atoms with E-state index in [2.05, 4.69) is 37.1 Å². The van der Waals surface area contributed by atoms with Crippen molar-refractivity contribution in [1.29, 1.82) is 0 Å². The van der Waals surface area contributed by atoms with Gasteiger partial charge in [0.1, 0.15) is 23.0 Å². The number of carbonyl (C=O) groups is 2. The SMILES string of the molecule is COc1cc(C(=O)N2CCC(N3CCN(C)CC3)CC2)ccc1Nc1ncc2c(n1)N(C)c1sc(C)nc1C(=O)N2CC(F)(F)F. The molecule has 246 valence electrons. The number of aryl methyl sites for hydroxylation is 1. The second-order valence-electron chi connectivity index (χ2n) is 11.8. The molecule has 2 saturated heterocycles. The maximum Gasteiger partial charge on any atom is 0.406 e. The number of halogens is 3. The van der Waals surface area contributed by atoms with Gasteiger partial charge in [0.15, 0.2) is 11.5 Å². The van der Waals surface area contributed by atoms with Crippen molar-refractivity contribution in [2.24, 2.45) is 0 Å². The Bertz CT molecular complexity index is 1620. The second-order valence-corrected chi connectivity index (χ2v) is 12.9. The van der Waals surface area contributed by atoms with Crippen LogP contribution < -0.4 is 19.9 Å². The van der Waals surface area contributed by atoms with Crippen LogP contribution in [0.3, 0.4) is 0 Å². The highest BCUT2D eigenvalue weighted by Crippen LogP contribution is 2.42. The Labute approximate surface area is 268 Å². The fourth-order valence-corrected chi connectivity index (χ4v) is 7.04. The molecular formula is C30H36F3N9O3S. The largest absolute Gasteiger partial charge is 0.495 e. The molecule has 5 heterocycles. The van der Waals surface area contributed by atoms with Crippen LogP contribution in [0.2, 0.25) is 0 Å². The lowest BCUT2D eigenvalue weighted by Gasteiger charge is -2.42. The number of alkyl halides is 3. The number of methoxy groups -OCH3 is 1. The Morgan fingerprint density at radius 1 is 1.09 bits per heavy atom. The number of ether oxygens (including phenoxy) is 1. The van der Waals surface area contributed by atoms with Crippen LogP contribution in [-0.4, -0.2) is 121 Å². The van der Waals surface area contributed by atoms with E-state index in [9.17, 15) is 22.8 Å². The number of benzene rings is 1. The molecule has 0 radical (unpaired) electrons. The van der Waals surface area contributed by atoms with Gasteiger partial charge in [-0.2, -0.15) is 18.2 Å². The van der Waals surface area contributed by atoms with Crippen LogP contribution in [0.15, 0.2) is 24.4 Å². The predicted molar refractivity (Wildman–Crippen MR) is 169 cm³/mol. The highest BCUT2D eigenvalue weighted by molar-refractivity contribution is 7.16. The molecule has 2 fully saturated rings. The molecule has 0 unspecified atom stereocenters. The highest BCUT2D eigenvalue weighted by atomic mass is 32.1. The Balaban J connectivity index is 1.20. The molecule has 0 spiro atoms. The van der Waals surface area contributed by atoms with Crippen LogP contribution in [0.5, 0.6) is 5.75 Å². The third kappa shape index (κ3) is 6.46. The van der Waals surface area contributed by atoms with E-state index < -0.39 is 18.6 Å². The number of nitrogens with one attached hydrogen (secondary N) is 1. The number of hydrogen-bond donors (Lipinski definition) is 1. The number of thiazole rings is 1. The zero-order chi connectivity index (χ0) is 32.7. The van der Waals surface area contributed by atoms with Crippen LogP contribution in [0.4, 0.5) is 41.3 Å². The lowest BCUT2D eigenvalue weighted by atomic mass is 10.0. The van der Waals surface area contributed by atoms with Gasteiger partial charge in [0.25, 0.3) is 11.8 Å². The second kappa shape index (κ2) is 12.6. The number of rotatable bonds is 6. The van der Waals surface area contributed by atoms with Gasteiger partial charge in [-0.05, 0) is 45.0 Å². The van der Waals surface area contributed by atoms with Gasteiger partial charge in [-0.3, -0.25) is 19.4 Å². The number of anilines is 5. The van der Waals surface area contributed by atoms with E-state index >= 15 is 0 Å². The number of hydrogen-bond acceptors (Lipinski definition) is 11. The first-order chi connectivity index (χ1) is 21.9. The summed E-state index contributed by atoms with van der Waals surface area (Å²) in [5, 5.41) is 3.98. The topological polar surface area (TPSA) is 110 Å². The van der Waals surface area contributed by atoms with Gasteiger partial charge >= 0.3 is 6.18 Å². The average molecular weight is 660 g/mol. The number of likely N-dealkylation sites (N-methyl/N-ethyl adjacent to an activating group) is 1. The van der Waals surface area contributed by atoms with E-state index in [1.54, 1.807) is 37.1 Å². The summed E-state index contributed by atoms with van der Waals surface area (Å²) in [6.07, 6.45) is -1.61. The maximum atomic E-state index is 13.6. The molecule has 0 saturated carbocycles. The van der Waals surface area contributed by atoms with Gasteiger partial charge in [-0.1, -0.05) is 0 Å². The summed E-state index contributed by atoms with van der Waals surface area (Å²) in [5.41, 5.74) is 0.772. The zero-order valence-electron chi connectivity index (χ0n) is 26.1. The molecule has 3 aliphatic heterocycles. The predicted octanol–water partition coefficient (Wildman–Crippen LogP) is 4.14. The Morgan fingerprint density at radius 3 is 2.48 bits per heavy atom. The number of piperidine rings is 1. The minimum Gasteiger partial charge on any atom is -0.495 e. The Hall–Kier alpha value is -4.02. The van der Waals surface area contributed by atoms with Crippen molar-refractivity contribution < 1.29 is 27.5 Å². The lowest BCUT2D eigenvalue weighted by Crippen LogP contribution is -2.52. The number of amides is 2. The van der Waals surface area contributed by atoms with E-state index in [1.165, 1.54) is 24.6 Å². The summed E-state index contributed by atoms with van der Waals surface area (Å²) < 4.78 is 46.3. The molecule has 0 bridgehead atoms. The molecule has 46 heavy (non-hydrogen) atoms. The number of piperazine rings is 1. The molecule has 3 aliphatic rings. The first kappa shape index (κ1) is 31.9. The molecule has 1 aromatic carbocycles. The summed E-state index contributed by atoms with van der Waals surface area (Å²) in [6.45, 7) is 5.77. The third-order valence-corrected chi connectivity index (χ3v) is 9.71. The standard InChI is InChI=1S/C30H36F3N9O3S/c1-18-35-24-27(44)42(17-30(31,32)33)22-16-34-29(37-25(22)39(3)28(24)46-18)36-21-6-5-19(15-23(21)45-4)26(43)41-9-7-20(8-10-41)40-13-11-38(2)12-14-40/h5-6,15-16,20H,7-14,17H2,1-4H3,(H,34,36,37). The van der Waals surface area contributed by atoms with Crippen molar-refractivity contribution in [2.75, 3.05) is 82.1 Å². The molecule has 1 N–H and O–H groups in total. The molecule has 16 heteroatoms. The molecule has 2 aromatic heterocycles. The maximum absolute atomic E-state index is 13.6. The number of carbonyl (C=O) groups excluding carboxylic acids is 2. The molecule has 0 atom stereocenters. The van der Waals surface area contributed by atoms with Gasteiger partial charge in [-0.25, -0.2) is 9.97 Å². The van der Waals surface area contributed by atoms with Crippen molar-refractivity contribution in [3.8, 4) is 5.75 Å². The number of nitrogens with zero attached hydrogens (tertiary/aromatic N) is 8. The van der Waals surface area contributed by atoms with Crippen LogP contribution in [0.25, 0.3) is 0 Å². The molecular weight excluding hydrogens is 623 g/mol. The van der Waals surface area contributed by atoms with Crippen LogP contribution >= 0.6 is 11.3 Å². The summed E-state index contributed by atoms with van der Waals surface area (Å²) >= 11 is 1.18. The molecule has 0 aliphatic carbocycles. The molecule has 6 rings (SSSR count). The van der Waals surface area contributed by atoms with Crippen molar-refractivity contribution in [1.82, 2.24) is 29.7 Å². The fraction of sp³-hybridized carbons (Fsp3) is 0.500. The minimum absolute atomic E-state index is 0.0676. The highest BCUT2D eigenvalue weighted by Gasteiger charge is 2.40. The summed E-state index contributed by atoms with van der Waals surface area (Å²) in [4.78, 5) is 48.5. The van der Waals surface area contributed by atoms with E-state index in [4.69, 9.17) is 4.74 Å². The van der Waals surface area contributed by atoms with Gasteiger partial charge in [-0.15, -0.1) is 11.3 Å². The molecule has 3 aromatic rings. The average Bonchev–Trinajstić information content (AvgIpc) is 3.41. The quantitative estimate of drug-likeness (QED) is 0.415. The summed E-state index contributed by atoms with van der Waals surface area (Å²) in [6, 6.07) is 5.53. The van der Waals surface area contributed by atoms with Gasteiger partial charge in [0, 0.05) is 57.9 Å². The molecule has 2 amide bonds. The van der Waals surface area contributed by atoms with E-state index in [1.807, 2.05) is 4.90 Å². The number of likely N-dealkylation sites (tertiary alicyclic amines) is 1. The minimum atomic E-state index is -4.66. The van der Waals surface area contributed by atoms with E-state index in [0.717, 1.165) is 39.0 Å². The van der Waals surface area contributed by atoms with Gasteiger partial charge in [0.05, 0.1) is 24.0 Å². The van der Waals surface area contributed by atoms with Gasteiger partial charge in [0.2, 0.25) is 5.95 Å². The smallest absolute Gasteiger partial charge is 0.406 e. The van der Waals surface area contributed by atoms with Crippen molar-refractivity contribution in [3.05, 3.63) is 40.7 Å². The number of fused-ring (bicyclic) bond motifs is 2. The summed E-state index contributed by atoms with van der Waals surface area (Å²) in [5.74, 6) is -0.410. The van der Waals surface area contributed by atoms with Crippen LogP contribution in [0.1, 0.15) is 38.7 Å². The normalized spacial score (nSPS) is 18.3. The van der Waals surface area contributed by atoms with E-state index in [-0.39, 0.29) is 29.1 Å². The van der Waals surface area contributed by atoms with Crippen molar-refractivity contribution in [2.45, 2.75) is 32.0 Å². The monoisotopic (exact) mass is 659 g/mol. The number of aromatic nitrogens is 3. The zero-order valence-corrected chi connectivity index (χ0v) is 26.9. The first-order valence-corrected chi connectivity index (χ1v) is 15.9. The van der Waals surface area contributed by atoms with E-state index in [0.29, 0.717) is 51.0 Å². The Kier molecular flexibility index (Phi) is 8.78.